The molecule has 0 saturated carbocycles. The SMILES string of the molecule is C=CCNC(=O)C(C)S(=O)(=O)CC=CC. The molecule has 0 radical (unpaired) electrons. The molecule has 0 aromatic rings. The van der Waals surface area contributed by atoms with E-state index in [-0.39, 0.29) is 12.3 Å². The Balaban J connectivity index is 4.47. The van der Waals surface area contributed by atoms with Gasteiger partial charge in [0.15, 0.2) is 9.84 Å². The molecule has 1 N–H and O–H groups in total. The number of sulfone groups is 1. The van der Waals surface area contributed by atoms with Crippen molar-refractivity contribution in [1.82, 2.24) is 5.32 Å². The van der Waals surface area contributed by atoms with E-state index in [0.717, 1.165) is 0 Å². The third-order valence-corrected chi connectivity index (χ3v) is 3.84. The number of carbonyl (C=O) groups is 1. The molecule has 0 saturated heterocycles. The van der Waals surface area contributed by atoms with Crippen LogP contribution in [-0.4, -0.2) is 31.9 Å². The molecule has 1 unspecified atom stereocenters. The van der Waals surface area contributed by atoms with Gasteiger partial charge in [-0.05, 0) is 13.8 Å². The third-order valence-electron chi connectivity index (χ3n) is 1.89. The second kappa shape index (κ2) is 6.40. The van der Waals surface area contributed by atoms with E-state index in [1.165, 1.54) is 19.1 Å². The van der Waals surface area contributed by atoms with Crippen molar-refractivity contribution < 1.29 is 13.2 Å². The van der Waals surface area contributed by atoms with Crippen LogP contribution in [0.5, 0.6) is 0 Å². The molecule has 0 aliphatic carbocycles. The molecule has 0 aliphatic heterocycles. The predicted molar refractivity (Wildman–Crippen MR) is 61.3 cm³/mol. The maximum atomic E-state index is 11.6. The van der Waals surface area contributed by atoms with Crippen LogP contribution in [0.4, 0.5) is 0 Å². The number of hydrogen-bond donors (Lipinski definition) is 1. The van der Waals surface area contributed by atoms with Gasteiger partial charge in [-0.1, -0.05) is 18.2 Å². The summed E-state index contributed by atoms with van der Waals surface area (Å²) in [7, 11) is -3.39. The fourth-order valence-corrected chi connectivity index (χ4v) is 2.01. The largest absolute Gasteiger partial charge is 0.352 e. The fraction of sp³-hybridized carbons (Fsp3) is 0.500. The Morgan fingerprint density at radius 1 is 1.53 bits per heavy atom. The molecule has 1 amide bonds. The van der Waals surface area contributed by atoms with Crippen LogP contribution in [0.2, 0.25) is 0 Å². The Labute approximate surface area is 91.0 Å². The minimum Gasteiger partial charge on any atom is -0.352 e. The summed E-state index contributed by atoms with van der Waals surface area (Å²) in [5.41, 5.74) is 0. The van der Waals surface area contributed by atoms with Crippen LogP contribution in [0.15, 0.2) is 24.8 Å². The highest BCUT2D eigenvalue weighted by Crippen LogP contribution is 2.02. The average Bonchev–Trinajstić information content (AvgIpc) is 2.21. The molecule has 0 rings (SSSR count). The van der Waals surface area contributed by atoms with Crippen LogP contribution >= 0.6 is 0 Å². The second-order valence-corrected chi connectivity index (χ2v) is 5.44. The number of amides is 1. The van der Waals surface area contributed by atoms with Gasteiger partial charge in [0.1, 0.15) is 5.25 Å². The zero-order valence-electron chi connectivity index (χ0n) is 9.06. The highest BCUT2D eigenvalue weighted by atomic mass is 32.2. The van der Waals surface area contributed by atoms with Crippen molar-refractivity contribution in [3.8, 4) is 0 Å². The summed E-state index contributed by atoms with van der Waals surface area (Å²) in [6.45, 7) is 6.83. The maximum Gasteiger partial charge on any atom is 0.238 e. The number of allylic oxidation sites excluding steroid dienone is 1. The molecule has 0 aromatic heterocycles. The Kier molecular flexibility index (Phi) is 5.93. The van der Waals surface area contributed by atoms with Crippen molar-refractivity contribution in [1.29, 1.82) is 0 Å². The first-order chi connectivity index (χ1) is 6.95. The van der Waals surface area contributed by atoms with E-state index in [4.69, 9.17) is 0 Å². The van der Waals surface area contributed by atoms with Crippen molar-refractivity contribution in [2.45, 2.75) is 19.1 Å². The molecule has 0 fully saturated rings. The smallest absolute Gasteiger partial charge is 0.238 e. The van der Waals surface area contributed by atoms with Gasteiger partial charge in [0.2, 0.25) is 5.91 Å². The minimum absolute atomic E-state index is 0.105. The van der Waals surface area contributed by atoms with Crippen LogP contribution in [0.3, 0.4) is 0 Å². The van der Waals surface area contributed by atoms with Gasteiger partial charge in [-0.3, -0.25) is 4.79 Å². The van der Waals surface area contributed by atoms with Crippen LogP contribution in [-0.2, 0) is 14.6 Å². The van der Waals surface area contributed by atoms with Crippen molar-refractivity contribution in [3.05, 3.63) is 24.8 Å². The zero-order chi connectivity index (χ0) is 11.9. The molecule has 5 heteroatoms. The molecule has 0 spiro atoms. The van der Waals surface area contributed by atoms with E-state index in [1.54, 1.807) is 13.0 Å². The standard InChI is InChI=1S/C10H17NO3S/c1-4-6-8-15(13,14)9(3)10(12)11-7-5-2/h4-6,9H,2,7-8H2,1,3H3,(H,11,12). The predicted octanol–water partition coefficient (Wildman–Crippen LogP) is 0.668. The van der Waals surface area contributed by atoms with E-state index >= 15 is 0 Å². The Morgan fingerprint density at radius 3 is 2.60 bits per heavy atom. The van der Waals surface area contributed by atoms with Crippen LogP contribution in [0.25, 0.3) is 0 Å². The maximum absolute atomic E-state index is 11.6. The van der Waals surface area contributed by atoms with Crippen molar-refractivity contribution in [3.63, 3.8) is 0 Å². The molecule has 0 bridgehead atoms. The summed E-state index contributed by atoms with van der Waals surface area (Å²) in [6.07, 6.45) is 4.67. The van der Waals surface area contributed by atoms with Gasteiger partial charge >= 0.3 is 0 Å². The topological polar surface area (TPSA) is 63.2 Å². The normalized spacial score (nSPS) is 13.7. The van der Waals surface area contributed by atoms with E-state index in [1.807, 2.05) is 0 Å². The summed E-state index contributed by atoms with van der Waals surface area (Å²) in [5.74, 6) is -0.592. The molecule has 0 aromatic carbocycles. The fourth-order valence-electron chi connectivity index (χ4n) is 0.854. The number of rotatable bonds is 6. The van der Waals surface area contributed by atoms with Crippen LogP contribution in [0.1, 0.15) is 13.8 Å². The lowest BCUT2D eigenvalue weighted by Gasteiger charge is -2.10. The average molecular weight is 231 g/mol. The van der Waals surface area contributed by atoms with E-state index in [0.29, 0.717) is 0 Å². The first kappa shape index (κ1) is 13.9. The van der Waals surface area contributed by atoms with Gasteiger partial charge < -0.3 is 5.32 Å². The number of hydrogen-bond acceptors (Lipinski definition) is 3. The summed E-state index contributed by atoms with van der Waals surface area (Å²) in [5, 5.41) is 1.43. The van der Waals surface area contributed by atoms with E-state index in [2.05, 4.69) is 11.9 Å². The van der Waals surface area contributed by atoms with Crippen LogP contribution < -0.4 is 5.32 Å². The Hall–Kier alpha value is -1.10. The molecular weight excluding hydrogens is 214 g/mol. The molecule has 0 aliphatic rings. The molecular formula is C10H17NO3S. The first-order valence-corrected chi connectivity index (χ1v) is 6.38. The molecule has 15 heavy (non-hydrogen) atoms. The third kappa shape index (κ3) is 4.78. The van der Waals surface area contributed by atoms with Gasteiger partial charge in [-0.25, -0.2) is 8.42 Å². The quantitative estimate of drug-likeness (QED) is 0.683. The molecule has 86 valence electrons. The van der Waals surface area contributed by atoms with Gasteiger partial charge in [0, 0.05) is 6.54 Å². The first-order valence-electron chi connectivity index (χ1n) is 4.67. The summed E-state index contributed by atoms with van der Waals surface area (Å²) in [6, 6.07) is 0. The monoisotopic (exact) mass is 231 g/mol. The van der Waals surface area contributed by atoms with Crippen LogP contribution in [0, 0.1) is 0 Å². The lowest BCUT2D eigenvalue weighted by Crippen LogP contribution is -2.38. The van der Waals surface area contributed by atoms with Gasteiger partial charge in [-0.2, -0.15) is 0 Å². The minimum atomic E-state index is -3.39. The number of nitrogens with one attached hydrogen (secondary N) is 1. The lowest BCUT2D eigenvalue weighted by atomic mass is 10.4. The molecule has 0 heterocycles. The lowest BCUT2D eigenvalue weighted by molar-refractivity contribution is -0.120. The Morgan fingerprint density at radius 2 is 2.13 bits per heavy atom. The summed E-state index contributed by atoms with van der Waals surface area (Å²) in [4.78, 5) is 11.3. The molecule has 1 atom stereocenters. The number of carbonyl (C=O) groups excluding carboxylic acids is 1. The van der Waals surface area contributed by atoms with Crippen molar-refractivity contribution in [2.75, 3.05) is 12.3 Å². The molecule has 4 nitrogen and oxygen atoms in total. The second-order valence-electron chi connectivity index (χ2n) is 3.07. The summed E-state index contributed by atoms with van der Waals surface area (Å²) < 4.78 is 23.1. The van der Waals surface area contributed by atoms with Crippen molar-refractivity contribution >= 4 is 15.7 Å². The van der Waals surface area contributed by atoms with E-state index in [9.17, 15) is 13.2 Å². The van der Waals surface area contributed by atoms with Crippen molar-refractivity contribution in [2.24, 2.45) is 0 Å². The highest BCUT2D eigenvalue weighted by Gasteiger charge is 2.25. The Bertz CT molecular complexity index is 344. The van der Waals surface area contributed by atoms with Gasteiger partial charge in [0.25, 0.3) is 0 Å². The van der Waals surface area contributed by atoms with E-state index < -0.39 is 21.0 Å². The van der Waals surface area contributed by atoms with Gasteiger partial charge in [0.05, 0.1) is 5.75 Å². The highest BCUT2D eigenvalue weighted by molar-refractivity contribution is 7.92. The summed E-state index contributed by atoms with van der Waals surface area (Å²) >= 11 is 0. The van der Waals surface area contributed by atoms with Gasteiger partial charge in [-0.15, -0.1) is 6.58 Å². The zero-order valence-corrected chi connectivity index (χ0v) is 9.88.